The Balaban J connectivity index is 2.02. The summed E-state index contributed by atoms with van der Waals surface area (Å²) in [5, 5.41) is 3.69. The first-order valence-electron chi connectivity index (χ1n) is 8.22. The molecule has 0 saturated carbocycles. The first-order valence-corrected chi connectivity index (χ1v) is 8.22. The maximum absolute atomic E-state index is 5.77. The summed E-state index contributed by atoms with van der Waals surface area (Å²) in [4.78, 5) is 0. The number of hydrogen-bond acceptors (Lipinski definition) is 3. The Labute approximate surface area is 129 Å². The Hall–Kier alpha value is -1.06. The highest BCUT2D eigenvalue weighted by Gasteiger charge is 2.25. The SMILES string of the molecule is CCCNC(CC(C)OC)CC1CCOc2ccccc21. The minimum absolute atomic E-state index is 0.300. The summed E-state index contributed by atoms with van der Waals surface area (Å²) in [6.07, 6.45) is 4.81. The Kier molecular flexibility index (Phi) is 6.52. The topological polar surface area (TPSA) is 30.5 Å². The third-order valence-electron chi connectivity index (χ3n) is 4.35. The van der Waals surface area contributed by atoms with E-state index in [1.165, 1.54) is 12.0 Å². The fourth-order valence-electron chi connectivity index (χ4n) is 3.11. The van der Waals surface area contributed by atoms with E-state index in [1.807, 2.05) is 0 Å². The Bertz CT molecular complexity index is 421. The summed E-state index contributed by atoms with van der Waals surface area (Å²) in [6, 6.07) is 8.99. The van der Waals surface area contributed by atoms with Gasteiger partial charge in [-0.15, -0.1) is 0 Å². The zero-order valence-corrected chi connectivity index (χ0v) is 13.6. The van der Waals surface area contributed by atoms with Crippen molar-refractivity contribution in [2.75, 3.05) is 20.3 Å². The number of nitrogens with one attached hydrogen (secondary N) is 1. The molecule has 1 aromatic rings. The minimum atomic E-state index is 0.300. The van der Waals surface area contributed by atoms with Crippen molar-refractivity contribution in [3.8, 4) is 5.75 Å². The van der Waals surface area contributed by atoms with Crippen LogP contribution < -0.4 is 10.1 Å². The zero-order valence-electron chi connectivity index (χ0n) is 13.6. The third kappa shape index (κ3) is 4.72. The van der Waals surface area contributed by atoms with Gasteiger partial charge in [-0.25, -0.2) is 0 Å². The van der Waals surface area contributed by atoms with Crippen LogP contribution in [0, 0.1) is 0 Å². The summed E-state index contributed by atoms with van der Waals surface area (Å²) < 4.78 is 11.2. The van der Waals surface area contributed by atoms with Gasteiger partial charge < -0.3 is 14.8 Å². The Morgan fingerprint density at radius 1 is 1.38 bits per heavy atom. The predicted molar refractivity (Wildman–Crippen MR) is 87.1 cm³/mol. The molecule has 0 aromatic heterocycles. The van der Waals surface area contributed by atoms with Gasteiger partial charge in [0, 0.05) is 13.2 Å². The van der Waals surface area contributed by atoms with Crippen LogP contribution in [0.5, 0.6) is 5.75 Å². The van der Waals surface area contributed by atoms with E-state index < -0.39 is 0 Å². The van der Waals surface area contributed by atoms with E-state index in [0.29, 0.717) is 18.1 Å². The van der Waals surface area contributed by atoms with Gasteiger partial charge in [-0.05, 0) is 56.7 Å². The molecule has 1 N–H and O–H groups in total. The molecule has 0 fully saturated rings. The second-order valence-corrected chi connectivity index (χ2v) is 6.04. The molecule has 1 aliphatic heterocycles. The lowest BCUT2D eigenvalue weighted by Gasteiger charge is -2.30. The number of fused-ring (bicyclic) bond motifs is 1. The fourth-order valence-corrected chi connectivity index (χ4v) is 3.11. The molecule has 0 aliphatic carbocycles. The number of hydrogen-bond donors (Lipinski definition) is 1. The van der Waals surface area contributed by atoms with Crippen LogP contribution in [0.1, 0.15) is 51.0 Å². The van der Waals surface area contributed by atoms with Gasteiger partial charge in [0.05, 0.1) is 12.7 Å². The molecule has 3 atom stereocenters. The molecule has 0 spiro atoms. The number of benzene rings is 1. The second kappa shape index (κ2) is 8.40. The van der Waals surface area contributed by atoms with Gasteiger partial charge in [0.25, 0.3) is 0 Å². The highest BCUT2D eigenvalue weighted by Crippen LogP contribution is 2.36. The molecular weight excluding hydrogens is 262 g/mol. The van der Waals surface area contributed by atoms with E-state index in [2.05, 4.69) is 43.4 Å². The van der Waals surface area contributed by atoms with Gasteiger partial charge in [0.2, 0.25) is 0 Å². The number of para-hydroxylation sites is 1. The van der Waals surface area contributed by atoms with Gasteiger partial charge >= 0.3 is 0 Å². The van der Waals surface area contributed by atoms with Crippen molar-refractivity contribution in [2.45, 2.75) is 57.6 Å². The van der Waals surface area contributed by atoms with E-state index in [0.717, 1.165) is 38.2 Å². The quantitative estimate of drug-likeness (QED) is 0.791. The van der Waals surface area contributed by atoms with E-state index >= 15 is 0 Å². The van der Waals surface area contributed by atoms with Crippen molar-refractivity contribution in [3.05, 3.63) is 29.8 Å². The van der Waals surface area contributed by atoms with Gasteiger partial charge in [-0.2, -0.15) is 0 Å². The molecule has 3 nitrogen and oxygen atoms in total. The van der Waals surface area contributed by atoms with Crippen LogP contribution in [0.4, 0.5) is 0 Å². The molecule has 0 bridgehead atoms. The van der Waals surface area contributed by atoms with Gasteiger partial charge in [0.1, 0.15) is 5.75 Å². The monoisotopic (exact) mass is 291 g/mol. The van der Waals surface area contributed by atoms with Crippen molar-refractivity contribution in [2.24, 2.45) is 0 Å². The molecule has 0 saturated heterocycles. The highest BCUT2D eigenvalue weighted by atomic mass is 16.5. The van der Waals surface area contributed by atoms with Gasteiger partial charge in [0.15, 0.2) is 0 Å². The van der Waals surface area contributed by atoms with Crippen LogP contribution in [0.15, 0.2) is 24.3 Å². The standard InChI is InChI=1S/C18H29NO2/c1-4-10-19-16(12-14(2)20-3)13-15-9-11-21-18-8-6-5-7-17(15)18/h5-8,14-16,19H,4,9-13H2,1-3H3. The molecule has 21 heavy (non-hydrogen) atoms. The molecule has 0 radical (unpaired) electrons. The lowest BCUT2D eigenvalue weighted by Crippen LogP contribution is -2.35. The summed E-state index contributed by atoms with van der Waals surface area (Å²) in [5.74, 6) is 1.66. The second-order valence-electron chi connectivity index (χ2n) is 6.04. The summed E-state index contributed by atoms with van der Waals surface area (Å²) >= 11 is 0. The van der Waals surface area contributed by atoms with Crippen LogP contribution in [-0.4, -0.2) is 32.4 Å². The van der Waals surface area contributed by atoms with Crippen molar-refractivity contribution in [1.29, 1.82) is 0 Å². The largest absolute Gasteiger partial charge is 0.493 e. The van der Waals surface area contributed by atoms with Gasteiger partial charge in [-0.1, -0.05) is 25.1 Å². The number of methoxy groups -OCH3 is 1. The molecule has 1 aromatic carbocycles. The molecular formula is C18H29NO2. The maximum Gasteiger partial charge on any atom is 0.122 e. The van der Waals surface area contributed by atoms with Crippen LogP contribution in [0.2, 0.25) is 0 Å². The van der Waals surface area contributed by atoms with E-state index in [-0.39, 0.29) is 0 Å². The minimum Gasteiger partial charge on any atom is -0.493 e. The zero-order chi connectivity index (χ0) is 15.1. The van der Waals surface area contributed by atoms with Crippen LogP contribution in [-0.2, 0) is 4.74 Å². The average Bonchev–Trinajstić information content (AvgIpc) is 2.52. The van der Waals surface area contributed by atoms with Crippen LogP contribution in [0.3, 0.4) is 0 Å². The Morgan fingerprint density at radius 3 is 2.95 bits per heavy atom. The van der Waals surface area contributed by atoms with Crippen molar-refractivity contribution in [3.63, 3.8) is 0 Å². The first kappa shape index (κ1) is 16.3. The van der Waals surface area contributed by atoms with Crippen molar-refractivity contribution in [1.82, 2.24) is 5.32 Å². The number of ether oxygens (including phenoxy) is 2. The third-order valence-corrected chi connectivity index (χ3v) is 4.35. The molecule has 3 unspecified atom stereocenters. The molecule has 1 aliphatic rings. The van der Waals surface area contributed by atoms with E-state index in [9.17, 15) is 0 Å². The van der Waals surface area contributed by atoms with Gasteiger partial charge in [-0.3, -0.25) is 0 Å². The molecule has 1 heterocycles. The van der Waals surface area contributed by atoms with E-state index in [1.54, 1.807) is 7.11 Å². The lowest BCUT2D eigenvalue weighted by atomic mass is 9.86. The predicted octanol–water partition coefficient (Wildman–Crippen LogP) is 3.74. The van der Waals surface area contributed by atoms with E-state index in [4.69, 9.17) is 9.47 Å². The maximum atomic E-state index is 5.77. The van der Waals surface area contributed by atoms with Crippen molar-refractivity contribution < 1.29 is 9.47 Å². The normalized spacial score (nSPS) is 20.4. The number of rotatable bonds is 8. The van der Waals surface area contributed by atoms with Crippen LogP contribution in [0.25, 0.3) is 0 Å². The molecule has 2 rings (SSSR count). The summed E-state index contributed by atoms with van der Waals surface area (Å²) in [5.41, 5.74) is 1.37. The smallest absolute Gasteiger partial charge is 0.122 e. The Morgan fingerprint density at radius 2 is 2.19 bits per heavy atom. The molecule has 0 amide bonds. The average molecular weight is 291 g/mol. The first-order chi connectivity index (χ1) is 10.2. The van der Waals surface area contributed by atoms with Crippen molar-refractivity contribution >= 4 is 0 Å². The summed E-state index contributed by atoms with van der Waals surface area (Å²) in [7, 11) is 1.80. The van der Waals surface area contributed by atoms with Crippen LogP contribution >= 0.6 is 0 Å². The molecule has 3 heteroatoms. The molecule has 118 valence electrons. The highest BCUT2D eigenvalue weighted by molar-refractivity contribution is 5.37. The fraction of sp³-hybridized carbons (Fsp3) is 0.667. The summed E-state index contributed by atoms with van der Waals surface area (Å²) in [6.45, 7) is 6.28. The lowest BCUT2D eigenvalue weighted by molar-refractivity contribution is 0.0974.